The van der Waals surface area contributed by atoms with E-state index in [-0.39, 0.29) is 53.3 Å². The van der Waals surface area contributed by atoms with Crippen molar-refractivity contribution in [2.75, 3.05) is 0 Å². The summed E-state index contributed by atoms with van der Waals surface area (Å²) in [4.78, 5) is 18.7. The molecule has 0 saturated carbocycles. The number of nitrogens with zero attached hydrogens (tertiary/aromatic N) is 1. The average Bonchev–Trinajstić information content (AvgIpc) is 3.60. The third kappa shape index (κ3) is 7.03. The van der Waals surface area contributed by atoms with Gasteiger partial charge in [-0.2, -0.15) is 0 Å². The largest absolute Gasteiger partial charge is 0.512 e. The minimum atomic E-state index is -0.337. The summed E-state index contributed by atoms with van der Waals surface area (Å²) in [7, 11) is 0. The number of carbonyl (C=O) groups excluding carboxylic acids is 1. The summed E-state index contributed by atoms with van der Waals surface area (Å²) >= 11 is 1.91. The maximum absolute atomic E-state index is 12.2. The van der Waals surface area contributed by atoms with E-state index in [1.807, 2.05) is 52.9 Å². The molecule has 0 atom stereocenters. The standard InChI is InChI=1S/C30H26NS.C15H28O2.Ir/c1-29(2,3)22-17-24(31-23-15-8-6-11-18(22)23)19-13-10-14-21-26(19)30(4,5)27-20-12-7-9-16-25(20)32-28(21)27;1-7-14(5,8-2)12(16)11-13(17)15(6,9-3)10-4;/h6-12,14-17H,1-5H3;11,16H,7-10H2,1-6H3;/q-1;;/b;12-11-;. The minimum absolute atomic E-state index is 0. The first-order valence-corrected chi connectivity index (χ1v) is 18.8. The summed E-state index contributed by atoms with van der Waals surface area (Å²) in [6, 6.07) is 27.5. The molecule has 50 heavy (non-hydrogen) atoms. The number of hydrogen-bond donors (Lipinski definition) is 1. The van der Waals surface area contributed by atoms with Crippen LogP contribution in [0.3, 0.4) is 0 Å². The molecule has 1 aliphatic carbocycles. The molecular formula is C45H54IrNO2S-. The number of pyridine rings is 1. The fourth-order valence-electron chi connectivity index (χ4n) is 7.13. The molecule has 2 aromatic heterocycles. The van der Waals surface area contributed by atoms with Gasteiger partial charge in [-0.3, -0.25) is 9.78 Å². The monoisotopic (exact) mass is 865 g/mol. The molecule has 3 aromatic carbocycles. The molecule has 0 bridgehead atoms. The van der Waals surface area contributed by atoms with Gasteiger partial charge < -0.3 is 5.11 Å². The fourth-order valence-corrected chi connectivity index (χ4v) is 8.52. The molecular weight excluding hydrogens is 811 g/mol. The van der Waals surface area contributed by atoms with E-state index in [2.05, 4.69) is 107 Å². The molecule has 0 saturated heterocycles. The van der Waals surface area contributed by atoms with Crippen LogP contribution >= 0.6 is 11.3 Å². The number of aliphatic hydroxyl groups excluding tert-OH is 1. The molecule has 0 aliphatic heterocycles. The number of carbonyl (C=O) groups is 1. The molecule has 3 nitrogen and oxygen atoms in total. The van der Waals surface area contributed by atoms with Gasteiger partial charge in [0, 0.05) is 52.0 Å². The second-order valence-corrected chi connectivity index (χ2v) is 16.9. The van der Waals surface area contributed by atoms with Gasteiger partial charge in [0.25, 0.3) is 0 Å². The van der Waals surface area contributed by atoms with Crippen LogP contribution in [0.4, 0.5) is 0 Å². The maximum atomic E-state index is 12.2. The van der Waals surface area contributed by atoms with Crippen LogP contribution < -0.4 is 0 Å². The topological polar surface area (TPSA) is 50.2 Å². The zero-order valence-corrected chi connectivity index (χ0v) is 35.0. The van der Waals surface area contributed by atoms with E-state index in [1.165, 1.54) is 48.7 Å². The van der Waals surface area contributed by atoms with Gasteiger partial charge in [-0.25, -0.2) is 0 Å². The van der Waals surface area contributed by atoms with Crippen molar-refractivity contribution in [2.24, 2.45) is 10.8 Å². The van der Waals surface area contributed by atoms with Crippen LogP contribution in [-0.4, -0.2) is 15.9 Å². The summed E-state index contributed by atoms with van der Waals surface area (Å²) in [5.41, 5.74) is 8.01. The molecule has 0 spiro atoms. The number of fused-ring (bicyclic) bond motifs is 6. The Morgan fingerprint density at radius 2 is 1.42 bits per heavy atom. The number of aromatic nitrogens is 1. The van der Waals surface area contributed by atoms with Crippen LogP contribution in [0.15, 0.2) is 78.6 Å². The third-order valence-electron chi connectivity index (χ3n) is 11.5. The minimum Gasteiger partial charge on any atom is -0.512 e. The molecule has 5 heteroatoms. The smallest absolute Gasteiger partial charge is 0.164 e. The van der Waals surface area contributed by atoms with Crippen molar-refractivity contribution < 1.29 is 30.0 Å². The summed E-state index contributed by atoms with van der Waals surface area (Å²) in [5, 5.41) is 12.7. The molecule has 0 unspecified atom stereocenters. The van der Waals surface area contributed by atoms with Gasteiger partial charge in [0.2, 0.25) is 0 Å². The molecule has 1 aliphatic rings. The number of allylic oxidation sites excluding steroid dienone is 2. The summed E-state index contributed by atoms with van der Waals surface area (Å²) in [6.07, 6.45) is 4.75. The van der Waals surface area contributed by atoms with Crippen molar-refractivity contribution in [1.82, 2.24) is 4.98 Å². The maximum Gasteiger partial charge on any atom is 0.164 e. The third-order valence-corrected chi connectivity index (χ3v) is 12.7. The van der Waals surface area contributed by atoms with Gasteiger partial charge in [0.1, 0.15) is 5.76 Å². The van der Waals surface area contributed by atoms with Crippen LogP contribution in [-0.2, 0) is 35.7 Å². The number of thiophene rings is 1. The quantitative estimate of drug-likeness (QED) is 0.0960. The molecule has 1 N–H and O–H groups in total. The first kappa shape index (κ1) is 39.7. The number of para-hydroxylation sites is 1. The van der Waals surface area contributed by atoms with Crippen LogP contribution in [0.5, 0.6) is 0 Å². The van der Waals surface area contributed by atoms with Crippen LogP contribution in [0.25, 0.3) is 42.7 Å². The Morgan fingerprint density at radius 3 is 2.02 bits per heavy atom. The second-order valence-electron chi connectivity index (χ2n) is 15.8. The van der Waals surface area contributed by atoms with Crippen molar-refractivity contribution in [1.29, 1.82) is 0 Å². The molecule has 0 fully saturated rings. The van der Waals surface area contributed by atoms with E-state index < -0.39 is 0 Å². The van der Waals surface area contributed by atoms with Crippen molar-refractivity contribution in [3.05, 3.63) is 101 Å². The van der Waals surface area contributed by atoms with Gasteiger partial charge in [-0.05, 0) is 70.9 Å². The molecule has 267 valence electrons. The number of rotatable bonds is 8. The van der Waals surface area contributed by atoms with E-state index in [9.17, 15) is 9.90 Å². The normalized spacial score (nSPS) is 14.1. The Bertz CT molecular complexity index is 2040. The fraction of sp³-hybridized carbons (Fsp3) is 0.422. The summed E-state index contributed by atoms with van der Waals surface area (Å²) < 4.78 is 1.37. The van der Waals surface area contributed by atoms with Crippen LogP contribution in [0.2, 0.25) is 0 Å². The number of aliphatic hydroxyl groups is 1. The van der Waals surface area contributed by atoms with Crippen molar-refractivity contribution >= 4 is 38.1 Å². The first-order chi connectivity index (χ1) is 23.1. The summed E-state index contributed by atoms with van der Waals surface area (Å²) in [5.74, 6) is 0.286. The molecule has 0 amide bonds. The predicted octanol–water partition coefficient (Wildman–Crippen LogP) is 13.2. The van der Waals surface area contributed by atoms with E-state index in [1.54, 1.807) is 0 Å². The van der Waals surface area contributed by atoms with Gasteiger partial charge in [-0.1, -0.05) is 124 Å². The zero-order valence-electron chi connectivity index (χ0n) is 31.8. The predicted molar refractivity (Wildman–Crippen MR) is 211 cm³/mol. The zero-order chi connectivity index (χ0) is 35.9. The van der Waals surface area contributed by atoms with Gasteiger partial charge in [-0.15, -0.1) is 40.7 Å². The second kappa shape index (κ2) is 14.9. The molecule has 6 rings (SSSR count). The number of ketones is 1. The van der Waals surface area contributed by atoms with Crippen LogP contribution in [0.1, 0.15) is 119 Å². The summed E-state index contributed by atoms with van der Waals surface area (Å²) in [6.45, 7) is 23.7. The number of hydrogen-bond acceptors (Lipinski definition) is 4. The Balaban J connectivity index is 0.000000269. The number of benzene rings is 3. The van der Waals surface area contributed by atoms with E-state index in [4.69, 9.17) is 4.98 Å². The van der Waals surface area contributed by atoms with Crippen molar-refractivity contribution in [2.45, 2.75) is 113 Å². The molecule has 1 radical (unpaired) electrons. The average molecular weight is 865 g/mol. The van der Waals surface area contributed by atoms with E-state index in [0.717, 1.165) is 42.5 Å². The van der Waals surface area contributed by atoms with E-state index >= 15 is 0 Å². The van der Waals surface area contributed by atoms with Gasteiger partial charge in [0.15, 0.2) is 5.78 Å². The Hall–Kier alpha value is -3.11. The van der Waals surface area contributed by atoms with Crippen LogP contribution in [0, 0.1) is 16.9 Å². The first-order valence-electron chi connectivity index (χ1n) is 18.0. The Kier molecular flexibility index (Phi) is 11.8. The Morgan fingerprint density at radius 1 is 0.840 bits per heavy atom. The van der Waals surface area contributed by atoms with Gasteiger partial charge >= 0.3 is 0 Å². The molecule has 2 heterocycles. The Labute approximate surface area is 318 Å². The molecule has 5 aromatic rings. The SMILES string of the molecule is CC(C)(C)c1cc(-c2[c-]ccc3c2C(C)(C)c2c-3sc3ccccc23)nc2ccccc12.CCC(C)(CC)C(=O)/C=C(\O)C(C)(CC)CC.[Ir]. The van der Waals surface area contributed by atoms with E-state index in [0.29, 0.717) is 0 Å². The van der Waals surface area contributed by atoms with Gasteiger partial charge in [0.05, 0.1) is 5.52 Å². The van der Waals surface area contributed by atoms with Crippen molar-refractivity contribution in [3.63, 3.8) is 0 Å². The van der Waals surface area contributed by atoms with Crippen molar-refractivity contribution in [3.8, 4) is 21.7 Å².